The van der Waals surface area contributed by atoms with Crippen LogP contribution in [-0.2, 0) is 30.3 Å². The summed E-state index contributed by atoms with van der Waals surface area (Å²) < 4.78 is 5.21. The van der Waals surface area contributed by atoms with Crippen molar-refractivity contribution in [1.29, 1.82) is 0 Å². The van der Waals surface area contributed by atoms with Crippen LogP contribution in [0.5, 0.6) is 0 Å². The van der Waals surface area contributed by atoms with E-state index < -0.39 is 48.0 Å². The maximum Gasteiger partial charge on any atom is 0.407 e. The minimum Gasteiger partial charge on any atom is -0.449 e. The predicted octanol–water partition coefficient (Wildman–Crippen LogP) is 2.95. The Hall–Kier alpha value is -3.12. The zero-order valence-corrected chi connectivity index (χ0v) is 28.0. The first-order chi connectivity index (χ1) is 20.9. The first kappa shape index (κ1) is 38.9. The van der Waals surface area contributed by atoms with Crippen LogP contribution < -0.4 is 27.0 Å². The number of thioether (sulfide) groups is 1. The Kier molecular flexibility index (Phi) is 19.1. The number of rotatable bonds is 21. The Morgan fingerprint density at radius 3 is 1.93 bits per heavy atom. The lowest BCUT2D eigenvalue weighted by molar-refractivity contribution is -0.133. The van der Waals surface area contributed by atoms with Gasteiger partial charge in [-0.15, -0.1) is 0 Å². The minimum atomic E-state index is -0.996. The molecule has 4 unspecified atom stereocenters. The summed E-state index contributed by atoms with van der Waals surface area (Å²) in [5.41, 5.74) is 6.41. The molecule has 0 aliphatic rings. The van der Waals surface area contributed by atoms with E-state index in [9.17, 15) is 24.0 Å². The molecule has 0 aliphatic carbocycles. The highest BCUT2D eigenvalue weighted by Gasteiger charge is 2.31. The van der Waals surface area contributed by atoms with Crippen LogP contribution in [0.3, 0.4) is 0 Å². The van der Waals surface area contributed by atoms with Gasteiger partial charge in [-0.25, -0.2) is 4.79 Å². The number of benzene rings is 1. The second-order valence-corrected chi connectivity index (χ2v) is 12.9. The third-order valence-electron chi connectivity index (χ3n) is 6.78. The summed E-state index contributed by atoms with van der Waals surface area (Å²) in [6.45, 7) is 9.79. The summed E-state index contributed by atoms with van der Waals surface area (Å²) in [6, 6.07) is 5.67. The van der Waals surface area contributed by atoms with E-state index in [1.165, 1.54) is 18.7 Å². The molecule has 0 saturated heterocycles. The highest BCUT2D eigenvalue weighted by atomic mass is 32.2. The van der Waals surface area contributed by atoms with Crippen LogP contribution in [0.25, 0.3) is 0 Å². The number of alkyl carbamates (subject to hydrolysis) is 1. The van der Waals surface area contributed by atoms with Crippen molar-refractivity contribution < 1.29 is 28.7 Å². The highest BCUT2D eigenvalue weighted by molar-refractivity contribution is 7.98. The first-order valence-electron chi connectivity index (χ1n) is 15.5. The third-order valence-corrected chi connectivity index (χ3v) is 7.42. The summed E-state index contributed by atoms with van der Waals surface area (Å²) in [6.07, 6.45) is 3.88. The molecule has 4 atom stereocenters. The van der Waals surface area contributed by atoms with Crippen LogP contribution in [0.15, 0.2) is 30.3 Å². The lowest BCUT2D eigenvalue weighted by atomic mass is 10.00. The Bertz CT molecular complexity index is 1040. The van der Waals surface area contributed by atoms with Gasteiger partial charge in [0.25, 0.3) is 0 Å². The van der Waals surface area contributed by atoms with Gasteiger partial charge in [-0.2, -0.15) is 11.8 Å². The van der Waals surface area contributed by atoms with Crippen molar-refractivity contribution in [2.24, 2.45) is 17.6 Å². The fraction of sp³-hybridized carbons (Fsp3) is 0.656. The molecule has 44 heavy (non-hydrogen) atoms. The molecule has 0 bridgehead atoms. The fourth-order valence-electron chi connectivity index (χ4n) is 4.38. The Balaban J connectivity index is 3.16. The SMILES string of the molecule is CSCCC(NC(=O)OCC(C)C)C(=O)NC(CC(C)C)C(=O)NC(Cc1ccccc1)C(=O)NC(CCCCN)C(C)=O. The molecule has 11 nitrogen and oxygen atoms in total. The van der Waals surface area contributed by atoms with E-state index >= 15 is 0 Å². The van der Waals surface area contributed by atoms with E-state index in [2.05, 4.69) is 21.3 Å². The number of Topliss-reactive ketones (excluding diaryl/α,β-unsaturated/α-hetero) is 1. The number of carbonyl (C=O) groups is 5. The molecule has 1 aromatic rings. The Morgan fingerprint density at radius 2 is 1.36 bits per heavy atom. The second kappa shape index (κ2) is 21.6. The largest absolute Gasteiger partial charge is 0.449 e. The maximum atomic E-state index is 13.7. The first-order valence-corrected chi connectivity index (χ1v) is 16.8. The number of carbonyl (C=O) groups excluding carboxylic acids is 5. The molecule has 6 N–H and O–H groups in total. The average Bonchev–Trinajstić information content (AvgIpc) is 2.97. The van der Waals surface area contributed by atoms with Crippen LogP contribution >= 0.6 is 11.8 Å². The number of hydrogen-bond acceptors (Lipinski definition) is 8. The normalized spacial score (nSPS) is 13.8. The van der Waals surface area contributed by atoms with Crippen molar-refractivity contribution in [3.63, 3.8) is 0 Å². The molecule has 0 heterocycles. The average molecular weight is 636 g/mol. The second-order valence-electron chi connectivity index (χ2n) is 11.9. The van der Waals surface area contributed by atoms with Gasteiger partial charge >= 0.3 is 6.09 Å². The van der Waals surface area contributed by atoms with Gasteiger partial charge in [-0.3, -0.25) is 19.2 Å². The molecule has 248 valence electrons. The summed E-state index contributed by atoms with van der Waals surface area (Å²) >= 11 is 1.53. The van der Waals surface area contributed by atoms with Crippen molar-refractivity contribution in [2.75, 3.05) is 25.2 Å². The molecule has 0 radical (unpaired) electrons. The van der Waals surface area contributed by atoms with E-state index in [1.54, 1.807) is 0 Å². The zero-order chi connectivity index (χ0) is 33.1. The van der Waals surface area contributed by atoms with Crippen LogP contribution in [0.2, 0.25) is 0 Å². The van der Waals surface area contributed by atoms with Gasteiger partial charge in [-0.05, 0) is 75.0 Å². The zero-order valence-electron chi connectivity index (χ0n) is 27.1. The number of nitrogens with two attached hydrogens (primary N) is 1. The maximum absolute atomic E-state index is 13.7. The summed E-state index contributed by atoms with van der Waals surface area (Å²) in [5.74, 6) is -0.941. The van der Waals surface area contributed by atoms with E-state index in [-0.39, 0.29) is 30.6 Å². The van der Waals surface area contributed by atoms with Crippen molar-refractivity contribution in [3.05, 3.63) is 35.9 Å². The van der Waals surface area contributed by atoms with Crippen LogP contribution in [0.4, 0.5) is 4.79 Å². The van der Waals surface area contributed by atoms with Gasteiger partial charge in [0.05, 0.1) is 12.6 Å². The third kappa shape index (κ3) is 16.1. The summed E-state index contributed by atoms with van der Waals surface area (Å²) in [5, 5.41) is 11.1. The summed E-state index contributed by atoms with van der Waals surface area (Å²) in [7, 11) is 0. The molecule has 0 fully saturated rings. The standard InChI is InChI=1S/C32H53N5O6S/c1-21(2)18-27(35-29(39)26(15-17-44-6)37-32(42)43-20-22(3)4)30(40)36-28(19-24-12-8-7-9-13-24)31(41)34-25(23(5)38)14-10-11-16-33/h7-9,12-13,21-22,25-28H,10-11,14-20,33H2,1-6H3,(H,34,41)(H,35,39)(H,36,40)(H,37,42). The molecule has 4 amide bonds. The predicted molar refractivity (Wildman–Crippen MR) is 175 cm³/mol. The van der Waals surface area contributed by atoms with Gasteiger partial charge in [0.2, 0.25) is 17.7 Å². The molecule has 0 aromatic heterocycles. The number of ketones is 1. The number of nitrogens with one attached hydrogen (secondary N) is 4. The van der Waals surface area contributed by atoms with Crippen LogP contribution in [0, 0.1) is 11.8 Å². The topological polar surface area (TPSA) is 169 Å². The number of hydrogen-bond donors (Lipinski definition) is 5. The van der Waals surface area contributed by atoms with Crippen molar-refractivity contribution in [2.45, 2.75) is 97.3 Å². The number of amides is 4. The quantitative estimate of drug-likeness (QED) is 0.129. The van der Waals surface area contributed by atoms with E-state index in [0.29, 0.717) is 38.0 Å². The van der Waals surface area contributed by atoms with Gasteiger partial charge < -0.3 is 31.7 Å². The smallest absolute Gasteiger partial charge is 0.407 e. The molecule has 12 heteroatoms. The lowest BCUT2D eigenvalue weighted by Crippen LogP contribution is -2.58. The number of unbranched alkanes of at least 4 members (excludes halogenated alkanes) is 1. The molecule has 0 saturated carbocycles. The van der Waals surface area contributed by atoms with E-state index in [0.717, 1.165) is 12.0 Å². The van der Waals surface area contributed by atoms with Gasteiger partial charge in [0.15, 0.2) is 5.78 Å². The van der Waals surface area contributed by atoms with Gasteiger partial charge in [-0.1, -0.05) is 58.0 Å². The molecular formula is C32H53N5O6S. The molecule has 0 aliphatic heterocycles. The van der Waals surface area contributed by atoms with Crippen LogP contribution in [-0.4, -0.2) is 78.9 Å². The summed E-state index contributed by atoms with van der Waals surface area (Å²) in [4.78, 5) is 65.2. The van der Waals surface area contributed by atoms with E-state index in [1.807, 2.05) is 64.3 Å². The van der Waals surface area contributed by atoms with Gasteiger partial charge in [0, 0.05) is 6.42 Å². The lowest BCUT2D eigenvalue weighted by Gasteiger charge is -2.27. The number of ether oxygens (including phenoxy) is 1. The Morgan fingerprint density at radius 1 is 0.773 bits per heavy atom. The minimum absolute atomic E-state index is 0.0331. The van der Waals surface area contributed by atoms with Crippen LogP contribution in [0.1, 0.15) is 72.3 Å². The Labute approximate surface area is 267 Å². The van der Waals surface area contributed by atoms with Gasteiger partial charge in [0.1, 0.15) is 18.1 Å². The highest BCUT2D eigenvalue weighted by Crippen LogP contribution is 2.11. The van der Waals surface area contributed by atoms with Crippen molar-refractivity contribution in [1.82, 2.24) is 21.3 Å². The monoisotopic (exact) mass is 635 g/mol. The fourth-order valence-corrected chi connectivity index (χ4v) is 4.85. The molecular weight excluding hydrogens is 582 g/mol. The van der Waals surface area contributed by atoms with Crippen molar-refractivity contribution in [3.8, 4) is 0 Å². The van der Waals surface area contributed by atoms with Crippen molar-refractivity contribution >= 4 is 41.4 Å². The molecule has 1 rings (SSSR count). The molecule has 1 aromatic carbocycles. The molecule has 0 spiro atoms. The van der Waals surface area contributed by atoms with E-state index in [4.69, 9.17) is 10.5 Å².